The van der Waals surface area contributed by atoms with Crippen LogP contribution in [0.4, 0.5) is 8.78 Å². The van der Waals surface area contributed by atoms with Gasteiger partial charge < -0.3 is 5.32 Å². The van der Waals surface area contributed by atoms with Crippen molar-refractivity contribution < 1.29 is 8.78 Å². The molecule has 0 aliphatic rings. The van der Waals surface area contributed by atoms with E-state index >= 15 is 0 Å². The van der Waals surface area contributed by atoms with E-state index in [1.165, 1.54) is 19.3 Å². The van der Waals surface area contributed by atoms with Crippen LogP contribution in [0.3, 0.4) is 0 Å². The summed E-state index contributed by atoms with van der Waals surface area (Å²) in [4.78, 5) is 0. The fourth-order valence-corrected chi connectivity index (χ4v) is 2.13. The third-order valence-corrected chi connectivity index (χ3v) is 3.30. The van der Waals surface area contributed by atoms with Gasteiger partial charge in [-0.15, -0.1) is 0 Å². The van der Waals surface area contributed by atoms with Gasteiger partial charge in [-0.05, 0) is 56.8 Å². The topological polar surface area (TPSA) is 12.0 Å². The molecule has 1 aromatic rings. The lowest BCUT2D eigenvalue weighted by Gasteiger charge is -2.06. The fourth-order valence-electron chi connectivity index (χ4n) is 2.13. The van der Waals surface area contributed by atoms with Crippen molar-refractivity contribution in [2.45, 2.75) is 52.4 Å². The maximum absolute atomic E-state index is 13.5. The molecule has 0 fully saturated rings. The van der Waals surface area contributed by atoms with Crippen molar-refractivity contribution >= 4 is 0 Å². The summed E-state index contributed by atoms with van der Waals surface area (Å²) in [6.45, 7) is 5.99. The molecule has 0 atom stereocenters. The molecule has 108 valence electrons. The van der Waals surface area contributed by atoms with Gasteiger partial charge in [-0.25, -0.2) is 8.78 Å². The summed E-state index contributed by atoms with van der Waals surface area (Å²) in [5, 5.41) is 3.36. The van der Waals surface area contributed by atoms with Gasteiger partial charge in [-0.2, -0.15) is 0 Å². The van der Waals surface area contributed by atoms with E-state index in [0.29, 0.717) is 17.5 Å². The highest BCUT2D eigenvalue weighted by Crippen LogP contribution is 2.16. The van der Waals surface area contributed by atoms with Gasteiger partial charge in [-0.3, -0.25) is 0 Å². The van der Waals surface area contributed by atoms with E-state index in [1.54, 1.807) is 13.0 Å². The number of benzene rings is 1. The number of halogens is 2. The molecule has 0 radical (unpaired) electrons. The molecule has 1 rings (SSSR count). The Morgan fingerprint density at radius 1 is 0.947 bits per heavy atom. The van der Waals surface area contributed by atoms with Crippen molar-refractivity contribution in [3.05, 3.63) is 34.9 Å². The quantitative estimate of drug-likeness (QED) is 0.656. The van der Waals surface area contributed by atoms with Crippen molar-refractivity contribution in [3.63, 3.8) is 0 Å². The standard InChI is InChI=1S/C16H25F2N/c1-3-9-19-10-7-5-4-6-8-14-11-13(2)15(17)12-16(14)18/h11-12,19H,3-10H2,1-2H3. The second-order valence-corrected chi connectivity index (χ2v) is 5.11. The zero-order valence-corrected chi connectivity index (χ0v) is 12.1. The predicted molar refractivity (Wildman–Crippen MR) is 76.4 cm³/mol. The van der Waals surface area contributed by atoms with Crippen molar-refractivity contribution in [3.8, 4) is 0 Å². The van der Waals surface area contributed by atoms with Crippen molar-refractivity contribution in [2.75, 3.05) is 13.1 Å². The molecule has 0 unspecified atom stereocenters. The van der Waals surface area contributed by atoms with Gasteiger partial charge in [0.05, 0.1) is 0 Å². The Balaban J connectivity index is 2.17. The van der Waals surface area contributed by atoms with Crippen LogP contribution >= 0.6 is 0 Å². The average Bonchev–Trinajstić information content (AvgIpc) is 2.38. The molecule has 0 saturated carbocycles. The second-order valence-electron chi connectivity index (χ2n) is 5.11. The molecule has 0 amide bonds. The summed E-state index contributed by atoms with van der Waals surface area (Å²) in [6.07, 6.45) is 6.28. The lowest BCUT2D eigenvalue weighted by molar-refractivity contribution is 0.553. The third kappa shape index (κ3) is 6.15. The molecule has 0 saturated heterocycles. The Morgan fingerprint density at radius 2 is 1.68 bits per heavy atom. The number of rotatable bonds is 9. The van der Waals surface area contributed by atoms with Crippen LogP contribution < -0.4 is 5.32 Å². The van der Waals surface area contributed by atoms with Gasteiger partial charge in [-0.1, -0.05) is 25.8 Å². The summed E-state index contributed by atoms with van der Waals surface area (Å²) in [6, 6.07) is 2.63. The molecule has 1 aromatic carbocycles. The Morgan fingerprint density at radius 3 is 2.42 bits per heavy atom. The average molecular weight is 269 g/mol. The first-order valence-electron chi connectivity index (χ1n) is 7.30. The van der Waals surface area contributed by atoms with E-state index in [4.69, 9.17) is 0 Å². The minimum atomic E-state index is -0.455. The van der Waals surface area contributed by atoms with Gasteiger partial charge >= 0.3 is 0 Å². The van der Waals surface area contributed by atoms with Gasteiger partial charge in [0.1, 0.15) is 11.6 Å². The molecular weight excluding hydrogens is 244 g/mol. The lowest BCUT2D eigenvalue weighted by Crippen LogP contribution is -2.15. The molecule has 1 N–H and O–H groups in total. The number of hydrogen-bond donors (Lipinski definition) is 1. The molecule has 0 heterocycles. The summed E-state index contributed by atoms with van der Waals surface area (Å²) >= 11 is 0. The molecule has 1 nitrogen and oxygen atoms in total. The lowest BCUT2D eigenvalue weighted by atomic mass is 10.0. The van der Waals surface area contributed by atoms with Gasteiger partial charge in [0, 0.05) is 6.07 Å². The van der Waals surface area contributed by atoms with Gasteiger partial charge in [0.15, 0.2) is 0 Å². The number of hydrogen-bond acceptors (Lipinski definition) is 1. The second kappa shape index (κ2) is 9.03. The maximum atomic E-state index is 13.5. The Labute approximate surface area is 115 Å². The van der Waals surface area contributed by atoms with Gasteiger partial charge in [0.2, 0.25) is 0 Å². The van der Waals surface area contributed by atoms with Crippen LogP contribution in [0.1, 0.15) is 50.2 Å². The first kappa shape index (κ1) is 16.1. The smallest absolute Gasteiger partial charge is 0.129 e. The SMILES string of the molecule is CCCNCCCCCCc1cc(C)c(F)cc1F. The first-order valence-corrected chi connectivity index (χ1v) is 7.30. The molecule has 3 heteroatoms. The zero-order chi connectivity index (χ0) is 14.1. The van der Waals surface area contributed by atoms with Crippen LogP contribution in [0.25, 0.3) is 0 Å². The van der Waals surface area contributed by atoms with Crippen LogP contribution in [-0.2, 0) is 6.42 Å². The van der Waals surface area contributed by atoms with E-state index in [1.807, 2.05) is 0 Å². The van der Waals surface area contributed by atoms with E-state index in [9.17, 15) is 8.78 Å². The number of unbranched alkanes of at least 4 members (excludes halogenated alkanes) is 3. The van der Waals surface area contributed by atoms with Crippen LogP contribution in [0.5, 0.6) is 0 Å². The van der Waals surface area contributed by atoms with E-state index in [2.05, 4.69) is 12.2 Å². The highest BCUT2D eigenvalue weighted by atomic mass is 19.1. The zero-order valence-electron chi connectivity index (χ0n) is 12.1. The van der Waals surface area contributed by atoms with Crippen molar-refractivity contribution in [1.29, 1.82) is 0 Å². The minimum Gasteiger partial charge on any atom is -0.317 e. The van der Waals surface area contributed by atoms with E-state index in [0.717, 1.165) is 32.0 Å². The van der Waals surface area contributed by atoms with Crippen LogP contribution in [0.15, 0.2) is 12.1 Å². The molecule has 0 aliphatic carbocycles. The van der Waals surface area contributed by atoms with Crippen molar-refractivity contribution in [2.24, 2.45) is 0 Å². The predicted octanol–water partition coefficient (Wildman–Crippen LogP) is 4.38. The molecule has 0 aromatic heterocycles. The minimum absolute atomic E-state index is 0.410. The number of aryl methyl sites for hydroxylation is 2. The Hall–Kier alpha value is -0.960. The van der Waals surface area contributed by atoms with Crippen molar-refractivity contribution in [1.82, 2.24) is 5.32 Å². The normalized spacial score (nSPS) is 10.9. The summed E-state index contributed by atoms with van der Waals surface area (Å²) in [5.41, 5.74) is 1.17. The summed E-state index contributed by atoms with van der Waals surface area (Å²) in [5.74, 6) is -0.865. The molecule has 0 bridgehead atoms. The Kier molecular flexibility index (Phi) is 7.65. The van der Waals surface area contributed by atoms with Gasteiger partial charge in [0.25, 0.3) is 0 Å². The van der Waals surface area contributed by atoms with Crippen LogP contribution in [0, 0.1) is 18.6 Å². The molecular formula is C16H25F2N. The molecule has 19 heavy (non-hydrogen) atoms. The highest BCUT2D eigenvalue weighted by Gasteiger charge is 2.06. The largest absolute Gasteiger partial charge is 0.317 e. The Bertz CT molecular complexity index is 377. The summed E-state index contributed by atoms with van der Waals surface area (Å²) < 4.78 is 26.6. The monoisotopic (exact) mass is 269 g/mol. The third-order valence-electron chi connectivity index (χ3n) is 3.30. The molecule has 0 spiro atoms. The van der Waals surface area contributed by atoms with Crippen LogP contribution in [0.2, 0.25) is 0 Å². The van der Waals surface area contributed by atoms with E-state index < -0.39 is 11.6 Å². The molecule has 0 aliphatic heterocycles. The highest BCUT2D eigenvalue weighted by molar-refractivity contribution is 5.25. The first-order chi connectivity index (χ1) is 9.15. The number of nitrogens with one attached hydrogen (secondary N) is 1. The maximum Gasteiger partial charge on any atom is 0.129 e. The summed E-state index contributed by atoms with van der Waals surface area (Å²) in [7, 11) is 0. The van der Waals surface area contributed by atoms with Crippen LogP contribution in [-0.4, -0.2) is 13.1 Å². The van der Waals surface area contributed by atoms with E-state index in [-0.39, 0.29) is 0 Å². The fraction of sp³-hybridized carbons (Fsp3) is 0.625.